The Bertz CT molecular complexity index is 192. The van der Waals surface area contributed by atoms with Gasteiger partial charge in [-0.2, -0.15) is 0 Å². The molecule has 2 radical (unpaired) electrons. The molecule has 4 nitrogen and oxygen atoms in total. The maximum atomic E-state index is 10.6. The minimum Gasteiger partial charge on any atom is -0.481 e. The Balaban J connectivity index is 0. The summed E-state index contributed by atoms with van der Waals surface area (Å²) < 4.78 is 0. The van der Waals surface area contributed by atoms with E-state index >= 15 is 0 Å². The van der Waals surface area contributed by atoms with Gasteiger partial charge in [0.05, 0.1) is 0 Å². The second-order valence-electron chi connectivity index (χ2n) is 3.53. The Morgan fingerprint density at radius 2 is 1.60 bits per heavy atom. The summed E-state index contributed by atoms with van der Waals surface area (Å²) in [5.41, 5.74) is 0. The van der Waals surface area contributed by atoms with Crippen molar-refractivity contribution in [1.29, 1.82) is 0 Å². The Kier molecular flexibility index (Phi) is 10.2. The highest BCUT2D eigenvalue weighted by Crippen LogP contribution is 2.21. The van der Waals surface area contributed by atoms with E-state index in [9.17, 15) is 9.59 Å². The first-order valence-corrected chi connectivity index (χ1v) is 4.98. The van der Waals surface area contributed by atoms with Gasteiger partial charge in [-0.3, -0.25) is 9.59 Å². The van der Waals surface area contributed by atoms with Crippen LogP contribution in [0, 0.1) is 11.8 Å². The molecule has 15 heavy (non-hydrogen) atoms. The van der Waals surface area contributed by atoms with Gasteiger partial charge in [0.15, 0.2) is 5.92 Å². The normalized spacial score (nSPS) is 11.9. The fourth-order valence-electron chi connectivity index (χ4n) is 1.54. The van der Waals surface area contributed by atoms with Crippen LogP contribution in [0.5, 0.6) is 0 Å². The maximum Gasteiger partial charge on any atom is 0.317 e. The van der Waals surface area contributed by atoms with Crippen molar-refractivity contribution in [3.63, 3.8) is 0 Å². The van der Waals surface area contributed by atoms with Gasteiger partial charge in [0, 0.05) is 23.1 Å². The maximum absolute atomic E-state index is 10.6. The van der Waals surface area contributed by atoms with Crippen molar-refractivity contribution in [2.75, 3.05) is 0 Å². The summed E-state index contributed by atoms with van der Waals surface area (Å²) in [6.07, 6.45) is 2.94. The molecule has 1 atom stereocenters. The second-order valence-corrected chi connectivity index (χ2v) is 3.53. The smallest absolute Gasteiger partial charge is 0.317 e. The number of hydrogen-bond donors (Lipinski definition) is 2. The molecule has 5 heteroatoms. The minimum absolute atomic E-state index is 0. The van der Waals surface area contributed by atoms with Gasteiger partial charge in [0.25, 0.3) is 0 Å². The molecule has 0 aliphatic rings. The molecule has 0 aliphatic heterocycles. The van der Waals surface area contributed by atoms with E-state index in [1.165, 1.54) is 0 Å². The summed E-state index contributed by atoms with van der Waals surface area (Å²) in [5, 5.41) is 17.4. The van der Waals surface area contributed by atoms with Crippen LogP contribution in [0.3, 0.4) is 0 Å². The van der Waals surface area contributed by atoms with E-state index < -0.39 is 17.9 Å². The zero-order valence-electron chi connectivity index (χ0n) is 9.40. The lowest BCUT2D eigenvalue weighted by atomic mass is 9.89. The molecule has 0 amide bonds. The first-order valence-electron chi connectivity index (χ1n) is 4.98. The average Bonchev–Trinajstić information content (AvgIpc) is 2.10. The third kappa shape index (κ3) is 6.73. The van der Waals surface area contributed by atoms with Gasteiger partial charge in [0.2, 0.25) is 0 Å². The van der Waals surface area contributed by atoms with Crippen molar-refractivity contribution in [2.45, 2.75) is 39.5 Å². The van der Waals surface area contributed by atoms with E-state index in [1.54, 1.807) is 0 Å². The van der Waals surface area contributed by atoms with Gasteiger partial charge in [0.1, 0.15) is 0 Å². The topological polar surface area (TPSA) is 74.6 Å². The number of carboxylic acids is 2. The van der Waals surface area contributed by atoms with Crippen LogP contribution in [-0.4, -0.2) is 45.2 Å². The van der Waals surface area contributed by atoms with E-state index in [4.69, 9.17) is 10.2 Å². The Morgan fingerprint density at radius 3 is 1.87 bits per heavy atom. The summed E-state index contributed by atoms with van der Waals surface area (Å²) in [4.78, 5) is 21.2. The van der Waals surface area contributed by atoms with E-state index in [0.717, 1.165) is 19.3 Å². The van der Waals surface area contributed by atoms with Gasteiger partial charge < -0.3 is 10.2 Å². The molecule has 0 spiro atoms. The van der Waals surface area contributed by atoms with E-state index in [0.29, 0.717) is 0 Å². The molecule has 84 valence electrons. The molecule has 0 bridgehead atoms. The molecule has 0 saturated heterocycles. The first-order chi connectivity index (χ1) is 6.52. The summed E-state index contributed by atoms with van der Waals surface area (Å²) >= 11 is 0. The standard InChI is InChI=1S/C10H18O4.Mg/c1-3-5-7(4-2)6-8(9(11)12)10(13)14;/h7-8H,3-6H2,1-2H3,(H,11,12)(H,13,14);. The zero-order chi connectivity index (χ0) is 11.1. The Hall–Kier alpha value is -0.294. The highest BCUT2D eigenvalue weighted by Gasteiger charge is 2.28. The Labute approximate surface area is 106 Å². The lowest BCUT2D eigenvalue weighted by molar-refractivity contribution is -0.155. The van der Waals surface area contributed by atoms with Gasteiger partial charge in [-0.25, -0.2) is 0 Å². The summed E-state index contributed by atoms with van der Waals surface area (Å²) in [6, 6.07) is 0. The van der Waals surface area contributed by atoms with Crippen LogP contribution in [0.15, 0.2) is 0 Å². The van der Waals surface area contributed by atoms with Gasteiger partial charge in [-0.1, -0.05) is 33.1 Å². The highest BCUT2D eigenvalue weighted by atomic mass is 24.3. The molecule has 0 saturated carbocycles. The molecule has 1 unspecified atom stereocenters. The largest absolute Gasteiger partial charge is 0.481 e. The minimum atomic E-state index is -1.24. The van der Waals surface area contributed by atoms with Crippen molar-refractivity contribution in [2.24, 2.45) is 11.8 Å². The van der Waals surface area contributed by atoms with E-state index in [2.05, 4.69) is 0 Å². The molecular formula is C10H18MgO4. The highest BCUT2D eigenvalue weighted by molar-refractivity contribution is 5.92. The summed E-state index contributed by atoms with van der Waals surface area (Å²) in [7, 11) is 0. The molecule has 0 aliphatic carbocycles. The number of carboxylic acid groups (broad SMARTS) is 2. The fraction of sp³-hybridized carbons (Fsp3) is 0.800. The number of hydrogen-bond acceptors (Lipinski definition) is 2. The SMILES string of the molecule is CCCC(CC)CC(C(=O)O)C(=O)O.[Mg]. The third-order valence-electron chi connectivity index (χ3n) is 2.44. The monoisotopic (exact) mass is 226 g/mol. The van der Waals surface area contributed by atoms with Crippen molar-refractivity contribution in [3.05, 3.63) is 0 Å². The molecular weight excluding hydrogens is 208 g/mol. The molecule has 0 aromatic heterocycles. The van der Waals surface area contributed by atoms with Crippen molar-refractivity contribution < 1.29 is 19.8 Å². The molecule has 0 aromatic carbocycles. The Morgan fingerprint density at radius 1 is 1.13 bits per heavy atom. The lowest BCUT2D eigenvalue weighted by Crippen LogP contribution is -2.25. The van der Waals surface area contributed by atoms with Crippen LogP contribution < -0.4 is 0 Å². The van der Waals surface area contributed by atoms with Gasteiger partial charge in [-0.05, 0) is 12.3 Å². The fourth-order valence-corrected chi connectivity index (χ4v) is 1.54. The first kappa shape index (κ1) is 17.1. The predicted molar refractivity (Wildman–Crippen MR) is 57.8 cm³/mol. The van der Waals surface area contributed by atoms with Crippen LogP contribution in [0.25, 0.3) is 0 Å². The molecule has 0 aromatic rings. The molecule has 0 heterocycles. The molecule has 0 rings (SSSR count). The van der Waals surface area contributed by atoms with Gasteiger partial charge >= 0.3 is 11.9 Å². The van der Waals surface area contributed by atoms with Crippen LogP contribution in [0.2, 0.25) is 0 Å². The number of rotatable bonds is 7. The quantitative estimate of drug-likeness (QED) is 0.511. The predicted octanol–water partition coefficient (Wildman–Crippen LogP) is 1.61. The van der Waals surface area contributed by atoms with E-state index in [-0.39, 0.29) is 35.4 Å². The summed E-state index contributed by atoms with van der Waals surface area (Å²) in [6.45, 7) is 3.97. The second kappa shape index (κ2) is 8.97. The number of carbonyl (C=O) groups is 2. The van der Waals surface area contributed by atoms with Crippen molar-refractivity contribution in [1.82, 2.24) is 0 Å². The molecule has 0 fully saturated rings. The summed E-state index contributed by atoms with van der Waals surface area (Å²) in [5.74, 6) is -3.50. The lowest BCUT2D eigenvalue weighted by Gasteiger charge is -2.16. The molecule has 2 N–H and O–H groups in total. The third-order valence-corrected chi connectivity index (χ3v) is 2.44. The van der Waals surface area contributed by atoms with E-state index in [1.807, 2.05) is 13.8 Å². The zero-order valence-corrected chi connectivity index (χ0v) is 10.8. The van der Waals surface area contributed by atoms with Gasteiger partial charge in [-0.15, -0.1) is 0 Å². The van der Waals surface area contributed by atoms with Crippen LogP contribution in [-0.2, 0) is 9.59 Å². The van der Waals surface area contributed by atoms with Crippen LogP contribution >= 0.6 is 0 Å². The number of aliphatic carboxylic acids is 2. The van der Waals surface area contributed by atoms with Crippen LogP contribution in [0.1, 0.15) is 39.5 Å². The average molecular weight is 227 g/mol. The van der Waals surface area contributed by atoms with Crippen molar-refractivity contribution in [3.8, 4) is 0 Å². The van der Waals surface area contributed by atoms with Crippen LogP contribution in [0.4, 0.5) is 0 Å². The van der Waals surface area contributed by atoms with Crippen molar-refractivity contribution >= 4 is 35.0 Å².